The number of nitrogens with zero attached hydrogens (tertiary/aromatic N) is 4. The number of hydrogen-bond acceptors (Lipinski definition) is 7. The van der Waals surface area contributed by atoms with Gasteiger partial charge in [0.25, 0.3) is 5.91 Å². The fraction of sp³-hybridized carbons (Fsp3) is 0.306. The van der Waals surface area contributed by atoms with Gasteiger partial charge in [-0.05, 0) is 75.7 Å². The number of aromatic nitrogens is 3. The molecule has 0 saturated carbocycles. The number of amides is 1. The molecule has 5 aromatic rings. The molecule has 0 spiro atoms. The van der Waals surface area contributed by atoms with Gasteiger partial charge in [0, 0.05) is 49.1 Å². The van der Waals surface area contributed by atoms with Crippen molar-refractivity contribution in [1.29, 1.82) is 0 Å². The Labute approximate surface area is 280 Å². The fourth-order valence-corrected chi connectivity index (χ4v) is 6.10. The zero-order valence-electron chi connectivity index (χ0n) is 27.4. The number of ether oxygens (including phenoxy) is 3. The van der Waals surface area contributed by atoms with E-state index < -0.39 is 29.0 Å². The van der Waals surface area contributed by atoms with Crippen molar-refractivity contribution in [1.82, 2.24) is 19.0 Å². The highest BCUT2D eigenvalue weighted by Crippen LogP contribution is 2.38. The molecule has 2 aromatic heterocycles. The summed E-state index contributed by atoms with van der Waals surface area (Å²) in [7, 11) is 2.92. The first-order valence-corrected chi connectivity index (χ1v) is 16.0. The third kappa shape index (κ3) is 7.12. The summed E-state index contributed by atoms with van der Waals surface area (Å²) in [5.74, 6) is -2.39. The molecule has 0 aliphatic carbocycles. The van der Waals surface area contributed by atoms with Gasteiger partial charge in [-0.25, -0.2) is 18.0 Å². The standard InChI is InChI=1S/C36H36F3N5O5/c1-22-34(42(2)36(46)44(22)24-9-10-26(37)27(38)19-24)35(45)41-23-8-11-31(28(39)18-23)49-30-12-13-40-29-21-33(32(47-3)20-25(29)30)48-17-7-16-43-14-5-4-6-15-43/h8-13,18-21H,4-7,14-17H2,1-3H3,(H,41,45). The number of hydrogen-bond donors (Lipinski definition) is 1. The number of piperidine rings is 1. The summed E-state index contributed by atoms with van der Waals surface area (Å²) in [5, 5.41) is 3.17. The number of carbonyl (C=O) groups excluding carboxylic acids is 1. The Morgan fingerprint density at radius 2 is 1.69 bits per heavy atom. The van der Waals surface area contributed by atoms with E-state index in [9.17, 15) is 18.4 Å². The van der Waals surface area contributed by atoms with Crippen molar-refractivity contribution < 1.29 is 32.2 Å². The molecule has 0 atom stereocenters. The maximum Gasteiger partial charge on any atom is 0.333 e. The van der Waals surface area contributed by atoms with E-state index in [1.54, 1.807) is 31.5 Å². The average molecular weight is 676 g/mol. The van der Waals surface area contributed by atoms with E-state index in [0.717, 1.165) is 53.4 Å². The quantitative estimate of drug-likeness (QED) is 0.155. The van der Waals surface area contributed by atoms with Crippen molar-refractivity contribution in [2.75, 3.05) is 38.7 Å². The number of carbonyl (C=O) groups is 1. The van der Waals surface area contributed by atoms with Gasteiger partial charge in [-0.2, -0.15) is 0 Å². The molecule has 0 bridgehead atoms. The van der Waals surface area contributed by atoms with Crippen LogP contribution in [-0.4, -0.2) is 58.3 Å². The highest BCUT2D eigenvalue weighted by Gasteiger charge is 2.23. The minimum atomic E-state index is -1.14. The number of nitrogens with one attached hydrogen (secondary N) is 1. The maximum absolute atomic E-state index is 15.4. The zero-order chi connectivity index (χ0) is 34.7. The predicted molar refractivity (Wildman–Crippen MR) is 179 cm³/mol. The number of anilines is 1. The molecule has 13 heteroatoms. The predicted octanol–water partition coefficient (Wildman–Crippen LogP) is 6.76. The number of methoxy groups -OCH3 is 1. The summed E-state index contributed by atoms with van der Waals surface area (Å²) < 4.78 is 62.5. The minimum absolute atomic E-state index is 0.0435. The highest BCUT2D eigenvalue weighted by molar-refractivity contribution is 6.04. The fourth-order valence-electron chi connectivity index (χ4n) is 6.10. The van der Waals surface area contributed by atoms with Gasteiger partial charge in [-0.1, -0.05) is 6.42 Å². The van der Waals surface area contributed by atoms with Crippen LogP contribution < -0.4 is 25.2 Å². The van der Waals surface area contributed by atoms with Crippen LogP contribution >= 0.6 is 0 Å². The van der Waals surface area contributed by atoms with Crippen molar-refractivity contribution in [2.45, 2.75) is 32.6 Å². The van der Waals surface area contributed by atoms with Crippen LogP contribution in [0, 0.1) is 24.4 Å². The van der Waals surface area contributed by atoms with Crippen molar-refractivity contribution in [2.24, 2.45) is 7.05 Å². The van der Waals surface area contributed by atoms with Gasteiger partial charge in [-0.3, -0.25) is 18.9 Å². The van der Waals surface area contributed by atoms with E-state index in [1.807, 2.05) is 0 Å². The summed E-state index contributed by atoms with van der Waals surface area (Å²) in [6, 6.07) is 12.0. The second-order valence-electron chi connectivity index (χ2n) is 11.8. The molecule has 0 radical (unpaired) electrons. The summed E-state index contributed by atoms with van der Waals surface area (Å²) in [5.41, 5.74) is 0.226. The Balaban J connectivity index is 1.16. The van der Waals surface area contributed by atoms with E-state index in [-0.39, 0.29) is 28.5 Å². The second-order valence-corrected chi connectivity index (χ2v) is 11.8. The molecule has 49 heavy (non-hydrogen) atoms. The third-order valence-electron chi connectivity index (χ3n) is 8.59. The molecule has 256 valence electrons. The van der Waals surface area contributed by atoms with Crippen molar-refractivity contribution in [3.05, 3.63) is 100 Å². The van der Waals surface area contributed by atoms with E-state index in [1.165, 1.54) is 51.4 Å². The molecule has 10 nitrogen and oxygen atoms in total. The molecule has 1 fully saturated rings. The van der Waals surface area contributed by atoms with E-state index in [2.05, 4.69) is 15.2 Å². The monoisotopic (exact) mass is 675 g/mol. The van der Waals surface area contributed by atoms with Crippen LogP contribution in [0.25, 0.3) is 16.6 Å². The van der Waals surface area contributed by atoms with Crippen LogP contribution in [0.1, 0.15) is 41.9 Å². The number of halogens is 3. The van der Waals surface area contributed by atoms with E-state index in [0.29, 0.717) is 34.8 Å². The molecule has 1 N–H and O–H groups in total. The first kappa shape index (κ1) is 33.6. The zero-order valence-corrected chi connectivity index (χ0v) is 27.4. The Bertz CT molecular complexity index is 2070. The minimum Gasteiger partial charge on any atom is -0.493 e. The Morgan fingerprint density at radius 1 is 0.898 bits per heavy atom. The molecule has 1 saturated heterocycles. The summed E-state index contributed by atoms with van der Waals surface area (Å²) in [4.78, 5) is 33.1. The first-order valence-electron chi connectivity index (χ1n) is 16.0. The van der Waals surface area contributed by atoms with Crippen molar-refractivity contribution >= 4 is 22.5 Å². The van der Waals surface area contributed by atoms with Gasteiger partial charge in [0.1, 0.15) is 11.4 Å². The number of rotatable bonds is 11. The molecule has 1 aliphatic rings. The molecule has 3 aromatic carbocycles. The topological polar surface area (TPSA) is 99.9 Å². The number of imidazole rings is 1. The maximum atomic E-state index is 15.4. The van der Waals surface area contributed by atoms with Crippen LogP contribution in [0.5, 0.6) is 23.0 Å². The van der Waals surface area contributed by atoms with Gasteiger partial charge < -0.3 is 24.4 Å². The summed E-state index contributed by atoms with van der Waals surface area (Å²) in [6.45, 7) is 5.26. The van der Waals surface area contributed by atoms with Gasteiger partial charge >= 0.3 is 5.69 Å². The first-order chi connectivity index (χ1) is 23.6. The lowest BCUT2D eigenvalue weighted by atomic mass is 10.1. The molecule has 0 unspecified atom stereocenters. The van der Waals surface area contributed by atoms with Crippen LogP contribution in [0.4, 0.5) is 18.9 Å². The Morgan fingerprint density at radius 3 is 2.43 bits per heavy atom. The summed E-state index contributed by atoms with van der Waals surface area (Å²) >= 11 is 0. The molecule has 6 rings (SSSR count). The number of benzene rings is 3. The smallest absolute Gasteiger partial charge is 0.333 e. The van der Waals surface area contributed by atoms with Gasteiger partial charge in [0.15, 0.2) is 34.7 Å². The Kier molecular flexibility index (Phi) is 9.90. The van der Waals surface area contributed by atoms with Crippen LogP contribution in [0.2, 0.25) is 0 Å². The molecule has 3 heterocycles. The lowest BCUT2D eigenvalue weighted by Gasteiger charge is -2.26. The molecule has 1 aliphatic heterocycles. The van der Waals surface area contributed by atoms with Crippen LogP contribution in [-0.2, 0) is 7.05 Å². The molecular weight excluding hydrogens is 639 g/mol. The van der Waals surface area contributed by atoms with Crippen LogP contribution in [0.15, 0.2) is 65.6 Å². The van der Waals surface area contributed by atoms with Gasteiger partial charge in [0.05, 0.1) is 30.6 Å². The normalized spacial score (nSPS) is 13.4. The van der Waals surface area contributed by atoms with Gasteiger partial charge in [-0.15, -0.1) is 0 Å². The lowest BCUT2D eigenvalue weighted by Crippen LogP contribution is -2.31. The number of fused-ring (bicyclic) bond motifs is 1. The molecule has 1 amide bonds. The number of pyridine rings is 1. The van der Waals surface area contributed by atoms with Crippen molar-refractivity contribution in [3.8, 4) is 28.7 Å². The van der Waals surface area contributed by atoms with E-state index >= 15 is 4.39 Å². The number of likely N-dealkylation sites (tertiary alicyclic amines) is 1. The second kappa shape index (κ2) is 14.4. The average Bonchev–Trinajstić information content (AvgIpc) is 3.32. The summed E-state index contributed by atoms with van der Waals surface area (Å²) in [6.07, 6.45) is 6.21. The molecular formula is C36H36F3N5O5. The largest absolute Gasteiger partial charge is 0.493 e. The third-order valence-corrected chi connectivity index (χ3v) is 8.59. The Hall–Kier alpha value is -5.30. The van der Waals surface area contributed by atoms with Crippen LogP contribution in [0.3, 0.4) is 0 Å². The van der Waals surface area contributed by atoms with E-state index in [4.69, 9.17) is 14.2 Å². The van der Waals surface area contributed by atoms with Crippen molar-refractivity contribution in [3.63, 3.8) is 0 Å². The highest BCUT2D eigenvalue weighted by atomic mass is 19.2. The van der Waals surface area contributed by atoms with Gasteiger partial charge in [0.2, 0.25) is 0 Å². The SMILES string of the molecule is COc1cc2c(Oc3ccc(NC(=O)c4c(C)n(-c5ccc(F)c(F)c5)c(=O)n4C)cc3F)ccnc2cc1OCCCN1CCCCC1. The lowest BCUT2D eigenvalue weighted by molar-refractivity contribution is 0.101.